The summed E-state index contributed by atoms with van der Waals surface area (Å²) in [5, 5.41) is 2.85. The van der Waals surface area contributed by atoms with Gasteiger partial charge in [0.25, 0.3) is 6.71 Å². The van der Waals surface area contributed by atoms with E-state index in [4.69, 9.17) is 0 Å². The van der Waals surface area contributed by atoms with Gasteiger partial charge in [-0.05, 0) is 76.0 Å². The van der Waals surface area contributed by atoms with Crippen molar-refractivity contribution in [3.63, 3.8) is 0 Å². The van der Waals surface area contributed by atoms with Crippen LogP contribution in [0.1, 0.15) is 25.0 Å². The van der Waals surface area contributed by atoms with E-state index in [0.29, 0.717) is 0 Å². The number of nitrogens with zero attached hydrogens (tertiary/aromatic N) is 4. The molecule has 0 amide bonds. The van der Waals surface area contributed by atoms with Crippen molar-refractivity contribution in [1.29, 1.82) is 0 Å². The first-order chi connectivity index (χ1) is 20.7. The molecule has 5 aromatic carbocycles. The molecule has 0 fully saturated rings. The maximum atomic E-state index is 2.56. The molecule has 7 heterocycles. The summed E-state index contributed by atoms with van der Waals surface area (Å²) in [7, 11) is 0. The van der Waals surface area contributed by atoms with Crippen molar-refractivity contribution in [1.82, 2.24) is 17.9 Å². The summed E-state index contributed by atoms with van der Waals surface area (Å²) < 4.78 is 10.2. The van der Waals surface area contributed by atoms with Crippen LogP contribution in [0.3, 0.4) is 0 Å². The third-order valence-corrected chi connectivity index (χ3v) is 10.9. The van der Waals surface area contributed by atoms with Crippen molar-refractivity contribution >= 4 is 78.3 Å². The summed E-state index contributed by atoms with van der Waals surface area (Å²) >= 11 is 0. The molecule has 9 aromatic rings. The van der Waals surface area contributed by atoms with Gasteiger partial charge < -0.3 is 0 Å². The van der Waals surface area contributed by atoms with Crippen LogP contribution in [0.5, 0.6) is 0 Å². The van der Waals surface area contributed by atoms with Crippen LogP contribution in [-0.4, -0.2) is 24.6 Å². The molecule has 0 saturated heterocycles. The van der Waals surface area contributed by atoms with Crippen molar-refractivity contribution in [3.8, 4) is 11.4 Å². The van der Waals surface area contributed by atoms with E-state index in [-0.39, 0.29) is 12.1 Å². The molecule has 4 nitrogen and oxygen atoms in total. The molecular weight excluding hydrogens is 511 g/mol. The van der Waals surface area contributed by atoms with Gasteiger partial charge in [-0.15, -0.1) is 0 Å². The maximum Gasteiger partial charge on any atom is 0.258 e. The van der Waals surface area contributed by atoms with Gasteiger partial charge in [0, 0.05) is 27.6 Å². The summed E-state index contributed by atoms with van der Waals surface area (Å²) in [6.45, 7) is 5.01. The number of benzene rings is 5. The average molecular weight is 534 g/mol. The highest BCUT2D eigenvalue weighted by atomic mass is 15.2. The number of hydrogen-bond donors (Lipinski definition) is 0. The van der Waals surface area contributed by atoms with Crippen LogP contribution < -0.4 is 16.4 Å². The molecule has 194 valence electrons. The molecule has 5 heteroatoms. The smallest absolute Gasteiger partial charge is 0.258 e. The summed E-state index contributed by atoms with van der Waals surface area (Å²) in [6, 6.07) is 38.9. The van der Waals surface area contributed by atoms with Crippen LogP contribution in [0.4, 0.5) is 0 Å². The Morgan fingerprint density at radius 2 is 0.881 bits per heavy atom. The van der Waals surface area contributed by atoms with E-state index in [1.165, 1.54) is 94.1 Å². The molecule has 0 unspecified atom stereocenters. The van der Waals surface area contributed by atoms with E-state index in [1.54, 1.807) is 0 Å². The van der Waals surface area contributed by atoms with Crippen LogP contribution in [0, 0.1) is 0 Å². The Morgan fingerprint density at radius 3 is 1.38 bits per heavy atom. The monoisotopic (exact) mass is 534 g/mol. The Kier molecular flexibility index (Phi) is 3.05. The van der Waals surface area contributed by atoms with Crippen LogP contribution >= 0.6 is 0 Å². The Labute approximate surface area is 240 Å². The van der Waals surface area contributed by atoms with E-state index < -0.39 is 0 Å². The first-order valence-electron chi connectivity index (χ1n) is 14.9. The molecule has 12 rings (SSSR count). The molecule has 0 N–H and O–H groups in total. The molecule has 0 spiro atoms. The van der Waals surface area contributed by atoms with E-state index in [0.717, 1.165) is 0 Å². The predicted molar refractivity (Wildman–Crippen MR) is 174 cm³/mol. The minimum atomic E-state index is -0.186. The van der Waals surface area contributed by atoms with Gasteiger partial charge in [0.05, 0.1) is 33.1 Å². The summed E-state index contributed by atoms with van der Waals surface area (Å²) in [5.74, 6) is 0. The molecule has 3 aliphatic rings. The first kappa shape index (κ1) is 20.7. The lowest BCUT2D eigenvalue weighted by molar-refractivity contribution is 0.653. The van der Waals surface area contributed by atoms with Crippen molar-refractivity contribution in [3.05, 3.63) is 114 Å². The highest BCUT2D eigenvalue weighted by molar-refractivity contribution is 7.02. The average Bonchev–Trinajstić information content (AvgIpc) is 3.74. The Balaban J connectivity index is 1.50. The van der Waals surface area contributed by atoms with Gasteiger partial charge in [0.1, 0.15) is 11.3 Å². The minimum Gasteiger partial charge on any atom is -0.295 e. The van der Waals surface area contributed by atoms with Crippen molar-refractivity contribution < 1.29 is 0 Å². The maximum absolute atomic E-state index is 2.56. The van der Waals surface area contributed by atoms with Gasteiger partial charge in [-0.3, -0.25) is 17.9 Å². The van der Waals surface area contributed by atoms with Gasteiger partial charge in [0.2, 0.25) is 0 Å². The zero-order valence-corrected chi connectivity index (χ0v) is 23.2. The Hall–Kier alpha value is -5.16. The third kappa shape index (κ3) is 1.85. The van der Waals surface area contributed by atoms with Crippen molar-refractivity contribution in [2.45, 2.75) is 19.3 Å². The highest BCUT2D eigenvalue weighted by Crippen LogP contribution is 2.46. The molecule has 4 aromatic heterocycles. The van der Waals surface area contributed by atoms with Crippen LogP contribution in [0.15, 0.2) is 103 Å². The molecule has 0 atom stereocenters. The third-order valence-electron chi connectivity index (χ3n) is 10.9. The van der Waals surface area contributed by atoms with Crippen LogP contribution in [0.25, 0.3) is 66.5 Å². The minimum absolute atomic E-state index is 0.142. The van der Waals surface area contributed by atoms with Gasteiger partial charge in [-0.1, -0.05) is 68.4 Å². The molecule has 0 bridgehead atoms. The lowest BCUT2D eigenvalue weighted by Gasteiger charge is -2.35. The predicted octanol–water partition coefficient (Wildman–Crippen LogP) is 6.17. The highest BCUT2D eigenvalue weighted by Gasteiger charge is 2.48. The number of fused-ring (bicyclic) bond motifs is 10. The number of rotatable bonds is 0. The molecule has 0 radical (unpaired) electrons. The SMILES string of the molecule is CC1(C)c2cccc3c2c2c4n(c5ccccc5n34)-c3cccc4c3B2c2c3c1cccc3n1c3ccccc3n-4c21. The second-order valence-electron chi connectivity index (χ2n) is 13.0. The standard InChI is InChI=1S/C37H23BN4/c1-37(2)20-10-7-16-26-30(20)33-35-39(26)22-12-3-5-14-24(22)41(35)28-18-9-19-29-32(28)38(33)34-31-21(37)11-8-17-27(31)40-23-13-4-6-15-25(23)42(29)36(34)40/h3-19H,1-2H3. The molecule has 42 heavy (non-hydrogen) atoms. The quantitative estimate of drug-likeness (QED) is 0.207. The zero-order valence-electron chi connectivity index (χ0n) is 23.2. The molecule has 3 aliphatic heterocycles. The topological polar surface area (TPSA) is 18.7 Å². The lowest BCUT2D eigenvalue weighted by Crippen LogP contribution is -2.60. The second kappa shape index (κ2) is 6.19. The van der Waals surface area contributed by atoms with E-state index in [9.17, 15) is 0 Å². The zero-order chi connectivity index (χ0) is 27.2. The fourth-order valence-corrected chi connectivity index (χ4v) is 9.43. The van der Waals surface area contributed by atoms with Crippen molar-refractivity contribution in [2.24, 2.45) is 0 Å². The number of hydrogen-bond acceptors (Lipinski definition) is 0. The van der Waals surface area contributed by atoms with Gasteiger partial charge in [0.15, 0.2) is 0 Å². The van der Waals surface area contributed by atoms with Gasteiger partial charge >= 0.3 is 0 Å². The number of para-hydroxylation sites is 4. The molecule has 0 saturated carbocycles. The first-order valence-corrected chi connectivity index (χ1v) is 14.9. The van der Waals surface area contributed by atoms with Crippen LogP contribution in [-0.2, 0) is 5.41 Å². The van der Waals surface area contributed by atoms with Crippen molar-refractivity contribution in [2.75, 3.05) is 0 Å². The fourth-order valence-electron chi connectivity index (χ4n) is 9.43. The second-order valence-corrected chi connectivity index (χ2v) is 13.0. The van der Waals surface area contributed by atoms with E-state index in [2.05, 4.69) is 135 Å². The fraction of sp³-hybridized carbons (Fsp3) is 0.0811. The van der Waals surface area contributed by atoms with Gasteiger partial charge in [-0.2, -0.15) is 0 Å². The molecular formula is C37H23BN4. The molecule has 0 aliphatic carbocycles. The largest absolute Gasteiger partial charge is 0.295 e. The van der Waals surface area contributed by atoms with Crippen LogP contribution in [0.2, 0.25) is 0 Å². The lowest BCUT2D eigenvalue weighted by atomic mass is 9.33. The number of aromatic nitrogens is 4. The normalized spacial score (nSPS) is 15.5. The Bertz CT molecular complexity index is 2590. The summed E-state index contributed by atoms with van der Waals surface area (Å²) in [5.41, 5.74) is 19.9. The van der Waals surface area contributed by atoms with E-state index in [1.807, 2.05) is 0 Å². The summed E-state index contributed by atoms with van der Waals surface area (Å²) in [4.78, 5) is 0. The van der Waals surface area contributed by atoms with E-state index >= 15 is 0 Å². The Morgan fingerprint density at radius 1 is 0.452 bits per heavy atom. The van der Waals surface area contributed by atoms with Gasteiger partial charge in [-0.25, -0.2) is 0 Å². The summed E-state index contributed by atoms with van der Waals surface area (Å²) in [6.07, 6.45) is 0. The number of imidazole rings is 2.